The summed E-state index contributed by atoms with van der Waals surface area (Å²) in [5, 5.41) is 20.9. The second-order valence-corrected chi connectivity index (χ2v) is 10.2. The van der Waals surface area contributed by atoms with Crippen LogP contribution in [-0.2, 0) is 0 Å². The van der Waals surface area contributed by atoms with Crippen molar-refractivity contribution in [2.45, 2.75) is 58.8 Å². The molecule has 8 atom stereocenters. The highest BCUT2D eigenvalue weighted by Gasteiger charge is 2.64. The first-order valence-electron chi connectivity index (χ1n) is 11.1. The number of phenolic OH excluding ortho intramolecular Hbond substituents is 2. The summed E-state index contributed by atoms with van der Waals surface area (Å²) in [6, 6.07) is 12.7. The molecule has 4 aliphatic carbocycles. The zero-order valence-corrected chi connectivity index (χ0v) is 16.8. The van der Waals surface area contributed by atoms with Crippen LogP contribution in [0, 0.1) is 49.4 Å². The SMILES string of the molecule is C.Cc1ccc(C2CC3CC2C2C4CC(c5cccc(C)c5O)C(C4)C32)cc1O. The molecule has 0 aliphatic heterocycles. The molecular weight excluding hydrogens is 356 g/mol. The van der Waals surface area contributed by atoms with Crippen LogP contribution >= 0.6 is 0 Å². The van der Waals surface area contributed by atoms with Crippen LogP contribution in [0.2, 0.25) is 0 Å². The Morgan fingerprint density at radius 2 is 1.41 bits per heavy atom. The number of hydrogen-bond acceptors (Lipinski definition) is 2. The monoisotopic (exact) mass is 390 g/mol. The zero-order valence-electron chi connectivity index (χ0n) is 16.8. The van der Waals surface area contributed by atoms with Crippen LogP contribution in [0.4, 0.5) is 0 Å². The highest BCUT2D eigenvalue weighted by atomic mass is 16.3. The van der Waals surface area contributed by atoms with Gasteiger partial charge in [0.1, 0.15) is 11.5 Å². The van der Waals surface area contributed by atoms with E-state index in [9.17, 15) is 10.2 Å². The Kier molecular flexibility index (Phi) is 4.28. The van der Waals surface area contributed by atoms with Crippen LogP contribution in [0.1, 0.15) is 67.2 Å². The van der Waals surface area contributed by atoms with Gasteiger partial charge in [0.15, 0.2) is 0 Å². The molecule has 4 saturated carbocycles. The molecular formula is C27H34O2. The van der Waals surface area contributed by atoms with Crippen LogP contribution in [-0.4, -0.2) is 10.2 Å². The maximum Gasteiger partial charge on any atom is 0.121 e. The van der Waals surface area contributed by atoms with Gasteiger partial charge in [0.2, 0.25) is 0 Å². The van der Waals surface area contributed by atoms with Crippen LogP contribution in [0.5, 0.6) is 11.5 Å². The first-order valence-corrected chi connectivity index (χ1v) is 11.1. The molecule has 29 heavy (non-hydrogen) atoms. The van der Waals surface area contributed by atoms with Crippen molar-refractivity contribution >= 4 is 0 Å². The third-order valence-corrected chi connectivity index (χ3v) is 9.15. The maximum atomic E-state index is 10.7. The second kappa shape index (κ2) is 6.52. The van der Waals surface area contributed by atoms with E-state index < -0.39 is 0 Å². The number of hydrogen-bond donors (Lipinski definition) is 2. The summed E-state index contributed by atoms with van der Waals surface area (Å²) in [6.45, 7) is 4.00. The summed E-state index contributed by atoms with van der Waals surface area (Å²) >= 11 is 0. The Balaban J connectivity index is 0.00000181. The third-order valence-electron chi connectivity index (χ3n) is 9.15. The number of aromatic hydroxyl groups is 2. The Bertz CT molecular complexity index is 948. The van der Waals surface area contributed by atoms with E-state index in [1.165, 1.54) is 36.8 Å². The van der Waals surface area contributed by atoms with Crippen molar-refractivity contribution in [2.75, 3.05) is 0 Å². The summed E-state index contributed by atoms with van der Waals surface area (Å²) in [6.07, 6.45) is 5.31. The van der Waals surface area contributed by atoms with E-state index in [-0.39, 0.29) is 7.43 Å². The Morgan fingerprint density at radius 1 is 0.759 bits per heavy atom. The Morgan fingerprint density at radius 3 is 2.10 bits per heavy atom. The molecule has 2 aromatic rings. The number of para-hydroxylation sites is 1. The smallest absolute Gasteiger partial charge is 0.121 e. The molecule has 0 radical (unpaired) electrons. The highest BCUT2D eigenvalue weighted by molar-refractivity contribution is 5.44. The first kappa shape index (κ1) is 19.0. The van der Waals surface area contributed by atoms with Crippen molar-refractivity contribution in [1.82, 2.24) is 0 Å². The Hall–Kier alpha value is -1.96. The summed E-state index contributed by atoms with van der Waals surface area (Å²) in [7, 11) is 0. The standard InChI is InChI=1S/C26H30O2.CH4/c1-13-6-7-15(12-23(13)27)19-8-16-10-21(19)24-17-9-20(22(11-17)25(16)24)18-5-3-4-14(2)26(18)28;/h3-7,12,16-17,19-22,24-25,27-28H,8-11H2,1-2H3;1H4. The van der Waals surface area contributed by atoms with Crippen LogP contribution in [0.3, 0.4) is 0 Å². The van der Waals surface area contributed by atoms with E-state index in [0.717, 1.165) is 46.6 Å². The first-order chi connectivity index (χ1) is 13.5. The van der Waals surface area contributed by atoms with Crippen molar-refractivity contribution in [1.29, 1.82) is 0 Å². The van der Waals surface area contributed by atoms with Crippen molar-refractivity contribution < 1.29 is 10.2 Å². The quantitative estimate of drug-likeness (QED) is 0.572. The van der Waals surface area contributed by atoms with Crippen LogP contribution < -0.4 is 0 Å². The molecule has 2 heteroatoms. The minimum atomic E-state index is 0. The molecule has 4 fully saturated rings. The third kappa shape index (κ3) is 2.54. The Labute approximate surface area is 175 Å². The van der Waals surface area contributed by atoms with Gasteiger partial charge in [-0.1, -0.05) is 37.8 Å². The summed E-state index contributed by atoms with van der Waals surface area (Å²) in [4.78, 5) is 0. The molecule has 0 spiro atoms. The number of aryl methyl sites for hydroxylation is 2. The minimum absolute atomic E-state index is 0. The predicted molar refractivity (Wildman–Crippen MR) is 117 cm³/mol. The number of fused-ring (bicyclic) bond motifs is 9. The van der Waals surface area contributed by atoms with E-state index in [4.69, 9.17) is 0 Å². The normalized spacial score (nSPS) is 38.8. The van der Waals surface area contributed by atoms with Crippen LogP contribution in [0.15, 0.2) is 36.4 Å². The van der Waals surface area contributed by atoms with Crippen molar-refractivity contribution in [2.24, 2.45) is 35.5 Å². The van der Waals surface area contributed by atoms with Gasteiger partial charge in [-0.2, -0.15) is 0 Å². The minimum Gasteiger partial charge on any atom is -0.508 e. The van der Waals surface area contributed by atoms with Gasteiger partial charge >= 0.3 is 0 Å². The van der Waals surface area contributed by atoms with E-state index >= 15 is 0 Å². The van der Waals surface area contributed by atoms with Gasteiger partial charge in [0, 0.05) is 0 Å². The van der Waals surface area contributed by atoms with E-state index in [1.807, 2.05) is 26.0 Å². The summed E-state index contributed by atoms with van der Waals surface area (Å²) < 4.78 is 0. The van der Waals surface area contributed by atoms with Crippen molar-refractivity contribution in [3.8, 4) is 11.5 Å². The highest BCUT2D eigenvalue weighted by Crippen LogP contribution is 2.73. The lowest BCUT2D eigenvalue weighted by atomic mass is 9.62. The molecule has 154 valence electrons. The van der Waals surface area contributed by atoms with Gasteiger partial charge in [-0.15, -0.1) is 0 Å². The van der Waals surface area contributed by atoms with E-state index in [2.05, 4.69) is 24.3 Å². The molecule has 0 amide bonds. The van der Waals surface area contributed by atoms with Gasteiger partial charge in [0.05, 0.1) is 0 Å². The molecule has 6 rings (SSSR count). The number of phenols is 2. The van der Waals surface area contributed by atoms with Crippen molar-refractivity contribution in [3.05, 3.63) is 58.7 Å². The molecule has 4 aliphatic rings. The summed E-state index contributed by atoms with van der Waals surface area (Å²) in [5.41, 5.74) is 4.58. The molecule has 0 heterocycles. The lowest BCUT2D eigenvalue weighted by Gasteiger charge is -2.42. The molecule has 0 aromatic heterocycles. The largest absolute Gasteiger partial charge is 0.508 e. The van der Waals surface area contributed by atoms with Gasteiger partial charge in [-0.05, 0) is 115 Å². The van der Waals surface area contributed by atoms with Gasteiger partial charge in [-0.3, -0.25) is 0 Å². The lowest BCUT2D eigenvalue weighted by molar-refractivity contribution is 0.116. The van der Waals surface area contributed by atoms with Gasteiger partial charge < -0.3 is 10.2 Å². The lowest BCUT2D eigenvalue weighted by Crippen LogP contribution is -2.34. The van der Waals surface area contributed by atoms with Crippen LogP contribution in [0.25, 0.3) is 0 Å². The maximum absolute atomic E-state index is 10.7. The molecule has 2 N–H and O–H groups in total. The van der Waals surface area contributed by atoms with E-state index in [0.29, 0.717) is 23.3 Å². The van der Waals surface area contributed by atoms with Crippen molar-refractivity contribution in [3.63, 3.8) is 0 Å². The fraction of sp³-hybridized carbons (Fsp3) is 0.556. The average molecular weight is 391 g/mol. The van der Waals surface area contributed by atoms with Gasteiger partial charge in [-0.25, -0.2) is 0 Å². The molecule has 8 unspecified atom stereocenters. The molecule has 2 aromatic carbocycles. The fourth-order valence-electron chi connectivity index (χ4n) is 8.18. The number of benzene rings is 2. The number of rotatable bonds is 2. The molecule has 2 nitrogen and oxygen atoms in total. The molecule has 4 bridgehead atoms. The predicted octanol–water partition coefficient (Wildman–Crippen LogP) is 6.53. The molecule has 0 saturated heterocycles. The summed E-state index contributed by atoms with van der Waals surface area (Å²) in [5.74, 6) is 7.20. The fourth-order valence-corrected chi connectivity index (χ4v) is 8.18. The average Bonchev–Trinajstić information content (AvgIpc) is 3.44. The van der Waals surface area contributed by atoms with E-state index in [1.54, 1.807) is 0 Å². The topological polar surface area (TPSA) is 40.5 Å². The second-order valence-electron chi connectivity index (χ2n) is 10.2. The van der Waals surface area contributed by atoms with Gasteiger partial charge in [0.25, 0.3) is 0 Å². The zero-order chi connectivity index (χ0) is 19.2.